The Labute approximate surface area is 94.4 Å². The summed E-state index contributed by atoms with van der Waals surface area (Å²) in [7, 11) is -4.03. The van der Waals surface area contributed by atoms with Crippen molar-refractivity contribution in [2.24, 2.45) is 11.8 Å². The van der Waals surface area contributed by atoms with E-state index in [-0.39, 0.29) is 36.6 Å². The average molecular weight is 249 g/mol. The highest BCUT2D eigenvalue weighted by atomic mass is 32.2. The van der Waals surface area contributed by atoms with E-state index in [1.165, 1.54) is 0 Å². The van der Waals surface area contributed by atoms with Crippen LogP contribution in [0.2, 0.25) is 0 Å². The van der Waals surface area contributed by atoms with Crippen LogP contribution in [0, 0.1) is 11.8 Å². The van der Waals surface area contributed by atoms with Crippen molar-refractivity contribution in [1.82, 2.24) is 4.90 Å². The summed E-state index contributed by atoms with van der Waals surface area (Å²) in [6.45, 7) is 3.40. The molecule has 0 radical (unpaired) electrons. The van der Waals surface area contributed by atoms with Crippen molar-refractivity contribution in [2.75, 3.05) is 12.3 Å². The second-order valence-electron chi connectivity index (χ2n) is 4.05. The lowest BCUT2D eigenvalue weighted by Gasteiger charge is -2.13. The van der Waals surface area contributed by atoms with Gasteiger partial charge in [0.05, 0.1) is 5.75 Å². The van der Waals surface area contributed by atoms with Gasteiger partial charge in [0.1, 0.15) is 0 Å². The summed E-state index contributed by atoms with van der Waals surface area (Å²) < 4.78 is 29.4. The summed E-state index contributed by atoms with van der Waals surface area (Å²) >= 11 is 0. The molecule has 16 heavy (non-hydrogen) atoms. The fraction of sp³-hybridized carbons (Fsp3) is 0.778. The molecule has 0 aromatic carbocycles. The van der Waals surface area contributed by atoms with Crippen molar-refractivity contribution >= 4 is 21.9 Å². The first-order valence-electron chi connectivity index (χ1n) is 5.04. The molecule has 1 aliphatic heterocycles. The molecule has 0 aromatic heterocycles. The van der Waals surface area contributed by atoms with Crippen LogP contribution in [0.1, 0.15) is 20.3 Å². The molecular weight excluding hydrogens is 234 g/mol. The van der Waals surface area contributed by atoms with Gasteiger partial charge < -0.3 is 0 Å². The van der Waals surface area contributed by atoms with Gasteiger partial charge in [0, 0.05) is 18.4 Å². The fourth-order valence-electron chi connectivity index (χ4n) is 1.65. The second kappa shape index (κ2) is 4.50. The number of rotatable bonds is 4. The van der Waals surface area contributed by atoms with Gasteiger partial charge in [-0.3, -0.25) is 19.0 Å². The Morgan fingerprint density at radius 3 is 2.00 bits per heavy atom. The van der Waals surface area contributed by atoms with Crippen molar-refractivity contribution in [3.05, 3.63) is 0 Å². The Morgan fingerprint density at radius 1 is 1.19 bits per heavy atom. The summed E-state index contributed by atoms with van der Waals surface area (Å²) in [4.78, 5) is 24.2. The molecule has 0 aliphatic carbocycles. The Bertz CT molecular complexity index is 382. The van der Waals surface area contributed by atoms with E-state index in [1.807, 2.05) is 0 Å². The highest BCUT2D eigenvalue weighted by Gasteiger charge is 2.41. The molecule has 1 N–H and O–H groups in total. The highest BCUT2D eigenvalue weighted by Crippen LogP contribution is 2.25. The molecule has 1 heterocycles. The highest BCUT2D eigenvalue weighted by molar-refractivity contribution is 7.85. The summed E-state index contributed by atoms with van der Waals surface area (Å²) in [5.41, 5.74) is 0. The molecule has 1 saturated heterocycles. The van der Waals surface area contributed by atoms with E-state index in [4.69, 9.17) is 4.55 Å². The lowest BCUT2D eigenvalue weighted by Crippen LogP contribution is -2.32. The van der Waals surface area contributed by atoms with Crippen LogP contribution in [0.25, 0.3) is 0 Å². The molecule has 0 spiro atoms. The first-order valence-corrected chi connectivity index (χ1v) is 6.65. The molecule has 1 aliphatic rings. The van der Waals surface area contributed by atoms with Gasteiger partial charge in [-0.15, -0.1) is 0 Å². The van der Waals surface area contributed by atoms with Gasteiger partial charge in [0.2, 0.25) is 11.8 Å². The van der Waals surface area contributed by atoms with E-state index in [1.54, 1.807) is 13.8 Å². The third-order valence-electron chi connectivity index (χ3n) is 2.85. The van der Waals surface area contributed by atoms with Crippen LogP contribution < -0.4 is 0 Å². The number of nitrogens with zero attached hydrogens (tertiary/aromatic N) is 1. The Hall–Kier alpha value is -0.950. The van der Waals surface area contributed by atoms with Crippen molar-refractivity contribution in [2.45, 2.75) is 20.3 Å². The number of hydrogen-bond acceptors (Lipinski definition) is 4. The minimum Gasteiger partial charge on any atom is -0.286 e. The number of likely N-dealkylation sites (tertiary alicyclic amines) is 1. The van der Waals surface area contributed by atoms with E-state index < -0.39 is 15.9 Å². The third-order valence-corrected chi connectivity index (χ3v) is 3.65. The Balaban J connectivity index is 2.56. The lowest BCUT2D eigenvalue weighted by atomic mass is 10.00. The maximum Gasteiger partial charge on any atom is 0.264 e. The molecule has 6 nitrogen and oxygen atoms in total. The smallest absolute Gasteiger partial charge is 0.264 e. The monoisotopic (exact) mass is 249 g/mol. The minimum absolute atomic E-state index is 0.0478. The molecule has 2 amide bonds. The van der Waals surface area contributed by atoms with Gasteiger partial charge >= 0.3 is 0 Å². The van der Waals surface area contributed by atoms with E-state index in [0.29, 0.717) is 0 Å². The average Bonchev–Trinajstić information content (AvgIpc) is 2.33. The zero-order valence-electron chi connectivity index (χ0n) is 9.21. The van der Waals surface area contributed by atoms with Crippen LogP contribution in [-0.2, 0) is 19.7 Å². The maximum atomic E-state index is 11.6. The van der Waals surface area contributed by atoms with Crippen LogP contribution in [0.3, 0.4) is 0 Å². The first kappa shape index (κ1) is 13.1. The minimum atomic E-state index is -4.03. The molecule has 1 rings (SSSR count). The van der Waals surface area contributed by atoms with E-state index in [0.717, 1.165) is 4.90 Å². The van der Waals surface area contributed by atoms with Gasteiger partial charge in [-0.25, -0.2) is 0 Å². The van der Waals surface area contributed by atoms with Gasteiger partial charge in [0.25, 0.3) is 10.1 Å². The molecule has 2 atom stereocenters. The predicted octanol–water partition coefficient (Wildman–Crippen LogP) is -0.0947. The molecule has 0 bridgehead atoms. The third kappa shape index (κ3) is 2.79. The normalized spacial score (nSPS) is 26.6. The molecular formula is C9H15NO5S. The van der Waals surface area contributed by atoms with Crippen molar-refractivity contribution in [3.8, 4) is 0 Å². The molecule has 0 saturated carbocycles. The first-order chi connectivity index (χ1) is 7.24. The number of hydrogen-bond donors (Lipinski definition) is 1. The number of imide groups is 1. The zero-order valence-corrected chi connectivity index (χ0v) is 10.0. The van der Waals surface area contributed by atoms with E-state index in [2.05, 4.69) is 0 Å². The van der Waals surface area contributed by atoms with Crippen molar-refractivity contribution in [1.29, 1.82) is 0 Å². The molecule has 92 valence electrons. The SMILES string of the molecule is CC1C(=O)N(CCCS(=O)(=O)O)C(=O)C1C. The van der Waals surface area contributed by atoms with E-state index in [9.17, 15) is 18.0 Å². The van der Waals surface area contributed by atoms with Gasteiger partial charge in [-0.1, -0.05) is 13.8 Å². The fourth-order valence-corrected chi connectivity index (χ4v) is 2.15. The molecule has 1 fully saturated rings. The largest absolute Gasteiger partial charge is 0.286 e. The van der Waals surface area contributed by atoms with Gasteiger partial charge in [-0.2, -0.15) is 8.42 Å². The maximum absolute atomic E-state index is 11.6. The van der Waals surface area contributed by atoms with Crippen LogP contribution in [0.15, 0.2) is 0 Å². The topological polar surface area (TPSA) is 91.8 Å². The number of carbonyl (C=O) groups excluding carboxylic acids is 2. The summed E-state index contributed by atoms with van der Waals surface area (Å²) in [5.74, 6) is -1.68. The quantitative estimate of drug-likeness (QED) is 0.555. The zero-order chi connectivity index (χ0) is 12.5. The molecule has 0 aromatic rings. The number of carbonyl (C=O) groups is 2. The van der Waals surface area contributed by atoms with Crippen LogP contribution in [0.4, 0.5) is 0 Å². The summed E-state index contributed by atoms with van der Waals surface area (Å²) in [6, 6.07) is 0. The van der Waals surface area contributed by atoms with Crippen molar-refractivity contribution in [3.63, 3.8) is 0 Å². The second-order valence-corrected chi connectivity index (χ2v) is 5.62. The Morgan fingerprint density at radius 2 is 1.62 bits per heavy atom. The van der Waals surface area contributed by atoms with Gasteiger partial charge in [0.15, 0.2) is 0 Å². The lowest BCUT2D eigenvalue weighted by molar-refractivity contribution is -0.139. The molecule has 7 heteroatoms. The standard InChI is InChI=1S/C9H15NO5S/c1-6-7(2)9(12)10(8(6)11)4-3-5-16(13,14)15/h6-7H,3-5H2,1-2H3,(H,13,14,15). The van der Waals surface area contributed by atoms with E-state index >= 15 is 0 Å². The predicted molar refractivity (Wildman–Crippen MR) is 56.1 cm³/mol. The summed E-state index contributed by atoms with van der Waals surface area (Å²) in [5, 5.41) is 0. The van der Waals surface area contributed by atoms with Crippen LogP contribution in [-0.4, -0.2) is 42.0 Å². The Kier molecular flexibility index (Phi) is 3.69. The van der Waals surface area contributed by atoms with Crippen molar-refractivity contribution < 1.29 is 22.6 Å². The van der Waals surface area contributed by atoms with Gasteiger partial charge in [-0.05, 0) is 6.42 Å². The number of amides is 2. The summed E-state index contributed by atoms with van der Waals surface area (Å²) in [6.07, 6.45) is 0.0652. The van der Waals surface area contributed by atoms with Crippen LogP contribution in [0.5, 0.6) is 0 Å². The van der Waals surface area contributed by atoms with Crippen LogP contribution >= 0.6 is 0 Å². The molecule has 2 unspecified atom stereocenters.